The molecule has 3 aliphatic rings. The Kier molecular flexibility index (Phi) is 6.67. The highest BCUT2D eigenvalue weighted by molar-refractivity contribution is 6.08. The third-order valence-electron chi connectivity index (χ3n) is 8.80. The molecule has 1 amide bonds. The number of hydrogen-bond acceptors (Lipinski definition) is 6. The summed E-state index contributed by atoms with van der Waals surface area (Å²) in [7, 11) is 2.19. The van der Waals surface area contributed by atoms with Crippen molar-refractivity contribution in [2.45, 2.75) is 38.5 Å². The molecule has 0 N–H and O–H groups in total. The molecule has 7 rings (SSSR count). The maximum atomic E-state index is 13.9. The minimum atomic E-state index is 0. The van der Waals surface area contributed by atoms with Crippen LogP contribution < -0.4 is 9.64 Å². The lowest BCUT2D eigenvalue weighted by molar-refractivity contribution is 0.0988. The van der Waals surface area contributed by atoms with Gasteiger partial charge in [-0.25, -0.2) is 0 Å². The van der Waals surface area contributed by atoms with Crippen LogP contribution >= 0.6 is 12.4 Å². The highest BCUT2D eigenvalue weighted by Gasteiger charge is 2.44. The average Bonchev–Trinajstić information content (AvgIpc) is 3.66. The van der Waals surface area contributed by atoms with Gasteiger partial charge in [0.25, 0.3) is 5.91 Å². The molecule has 1 saturated heterocycles. The van der Waals surface area contributed by atoms with Crippen LogP contribution in [0.4, 0.5) is 5.69 Å². The second-order valence-electron chi connectivity index (χ2n) is 11.3. The fraction of sp³-hybridized carbons (Fsp3) is 0.344. The molecule has 3 aromatic carbocycles. The predicted octanol–water partition coefficient (Wildman–Crippen LogP) is 6.00. The third kappa shape index (κ3) is 4.38. The van der Waals surface area contributed by atoms with Crippen LogP contribution in [0, 0.1) is 13.8 Å². The number of ether oxygens (including phenoxy) is 1. The van der Waals surface area contributed by atoms with Crippen molar-refractivity contribution in [1.82, 2.24) is 15.0 Å². The number of amides is 1. The molecule has 206 valence electrons. The van der Waals surface area contributed by atoms with Gasteiger partial charge in [0.05, 0.1) is 6.61 Å². The molecule has 0 atom stereocenters. The van der Waals surface area contributed by atoms with Crippen LogP contribution in [0.15, 0.2) is 59.1 Å². The smallest absolute Gasteiger partial charge is 0.258 e. The molecule has 4 aromatic rings. The lowest BCUT2D eigenvalue weighted by atomic mass is 9.74. The molecule has 0 radical (unpaired) electrons. The normalized spacial score (nSPS) is 17.3. The molecule has 4 heterocycles. The summed E-state index contributed by atoms with van der Waals surface area (Å²) in [4.78, 5) is 22.5. The number of carbonyl (C=O) groups excluding carboxylic acids is 1. The van der Waals surface area contributed by atoms with Gasteiger partial charge in [0, 0.05) is 41.3 Å². The minimum absolute atomic E-state index is 0. The van der Waals surface area contributed by atoms with Crippen molar-refractivity contribution in [2.24, 2.45) is 0 Å². The molecular weight excluding hydrogens is 524 g/mol. The summed E-state index contributed by atoms with van der Waals surface area (Å²) in [6.07, 6.45) is 3.05. The molecule has 1 spiro atoms. The number of aromatic nitrogens is 2. The van der Waals surface area contributed by atoms with E-state index in [1.54, 1.807) is 6.92 Å². The van der Waals surface area contributed by atoms with Crippen molar-refractivity contribution in [3.63, 3.8) is 0 Å². The zero-order valence-corrected chi connectivity index (χ0v) is 23.9. The first-order valence-electron chi connectivity index (χ1n) is 13.7. The second kappa shape index (κ2) is 10.1. The van der Waals surface area contributed by atoms with Crippen LogP contribution in [-0.2, 0) is 11.8 Å². The Balaban J connectivity index is 0.00000289. The van der Waals surface area contributed by atoms with Gasteiger partial charge >= 0.3 is 0 Å². The molecule has 40 heavy (non-hydrogen) atoms. The maximum Gasteiger partial charge on any atom is 0.258 e. The van der Waals surface area contributed by atoms with Gasteiger partial charge in [0.1, 0.15) is 5.75 Å². The molecule has 1 aromatic heterocycles. The molecule has 3 aliphatic heterocycles. The molecule has 8 heteroatoms. The molecule has 0 aliphatic carbocycles. The summed E-state index contributed by atoms with van der Waals surface area (Å²) in [6, 6.07) is 18.7. The van der Waals surface area contributed by atoms with Gasteiger partial charge in [0.15, 0.2) is 0 Å². The van der Waals surface area contributed by atoms with Gasteiger partial charge < -0.3 is 19.1 Å². The second-order valence-corrected chi connectivity index (χ2v) is 11.3. The minimum Gasteiger partial charge on any atom is -0.492 e. The first-order valence-corrected chi connectivity index (χ1v) is 13.7. The van der Waals surface area contributed by atoms with E-state index in [0.29, 0.717) is 18.3 Å². The zero-order valence-electron chi connectivity index (χ0n) is 23.1. The highest BCUT2D eigenvalue weighted by atomic mass is 35.5. The zero-order chi connectivity index (χ0) is 26.7. The van der Waals surface area contributed by atoms with E-state index in [0.717, 1.165) is 78.2 Å². The molecular formula is C32H33ClN4O3. The Morgan fingerprint density at radius 3 is 2.35 bits per heavy atom. The SMILES string of the molecule is Cc1nc(-c2ccc(-c3ccc(C(=O)N4CCc5cc6c(cc54)C4(CCN(C)CC4)CO6)c(C)c3)cc2)no1.Cl. The van der Waals surface area contributed by atoms with E-state index in [1.807, 2.05) is 36.1 Å². The van der Waals surface area contributed by atoms with E-state index < -0.39 is 0 Å². The fourth-order valence-corrected chi connectivity index (χ4v) is 6.37. The number of aryl methyl sites for hydroxylation is 2. The van der Waals surface area contributed by atoms with Gasteiger partial charge in [-0.05, 0) is 86.8 Å². The van der Waals surface area contributed by atoms with Crippen molar-refractivity contribution in [2.75, 3.05) is 38.2 Å². The van der Waals surface area contributed by atoms with Crippen molar-refractivity contribution in [1.29, 1.82) is 0 Å². The first kappa shape index (κ1) is 26.5. The van der Waals surface area contributed by atoms with Gasteiger partial charge in [-0.3, -0.25) is 4.79 Å². The van der Waals surface area contributed by atoms with Crippen LogP contribution in [0.2, 0.25) is 0 Å². The van der Waals surface area contributed by atoms with Crippen LogP contribution in [0.25, 0.3) is 22.5 Å². The standard InChI is InChI=1S/C32H32N4O3.ClH/c1-20-16-24(22-4-6-23(7-5-22)30-33-21(2)39-34-30)8-9-26(20)31(37)36-13-10-25-17-29-27(18-28(25)36)32(19-38-29)11-14-35(3)15-12-32;/h4-9,16-18H,10-15,19H2,1-3H3;1H. The number of anilines is 1. The number of halogens is 1. The number of fused-ring (bicyclic) bond motifs is 3. The van der Waals surface area contributed by atoms with Crippen molar-refractivity contribution in [3.8, 4) is 28.3 Å². The van der Waals surface area contributed by atoms with Gasteiger partial charge in [-0.2, -0.15) is 4.98 Å². The van der Waals surface area contributed by atoms with Gasteiger partial charge in [0.2, 0.25) is 11.7 Å². The van der Waals surface area contributed by atoms with E-state index in [-0.39, 0.29) is 23.7 Å². The van der Waals surface area contributed by atoms with Crippen LogP contribution in [0.3, 0.4) is 0 Å². The topological polar surface area (TPSA) is 71.7 Å². The van der Waals surface area contributed by atoms with Crippen LogP contribution in [0.5, 0.6) is 5.75 Å². The van der Waals surface area contributed by atoms with Crippen molar-refractivity contribution < 1.29 is 14.1 Å². The van der Waals surface area contributed by atoms with E-state index in [9.17, 15) is 4.79 Å². The first-order chi connectivity index (χ1) is 18.9. The number of carbonyl (C=O) groups is 1. The lowest BCUT2D eigenvalue weighted by Gasteiger charge is -2.37. The predicted molar refractivity (Wildman–Crippen MR) is 158 cm³/mol. The third-order valence-corrected chi connectivity index (χ3v) is 8.80. The van der Waals surface area contributed by atoms with E-state index in [1.165, 1.54) is 11.1 Å². The summed E-state index contributed by atoms with van der Waals surface area (Å²) in [6.45, 7) is 7.41. The number of nitrogens with zero attached hydrogens (tertiary/aromatic N) is 4. The summed E-state index contributed by atoms with van der Waals surface area (Å²) in [5, 5.41) is 4.00. The number of hydrogen-bond donors (Lipinski definition) is 0. The number of piperidine rings is 1. The monoisotopic (exact) mass is 556 g/mol. The summed E-state index contributed by atoms with van der Waals surface area (Å²) in [5.74, 6) is 2.22. The van der Waals surface area contributed by atoms with Crippen molar-refractivity contribution >= 4 is 24.0 Å². The largest absolute Gasteiger partial charge is 0.492 e. The lowest BCUT2D eigenvalue weighted by Crippen LogP contribution is -2.42. The molecule has 0 saturated carbocycles. The average molecular weight is 557 g/mol. The Bertz CT molecular complexity index is 1590. The highest BCUT2D eigenvalue weighted by Crippen LogP contribution is 2.49. The molecule has 7 nitrogen and oxygen atoms in total. The van der Waals surface area contributed by atoms with Crippen LogP contribution in [0.1, 0.15) is 45.8 Å². The Labute approximate surface area is 240 Å². The maximum absolute atomic E-state index is 13.9. The summed E-state index contributed by atoms with van der Waals surface area (Å²) in [5.41, 5.74) is 8.40. The Morgan fingerprint density at radius 1 is 0.925 bits per heavy atom. The fourth-order valence-electron chi connectivity index (χ4n) is 6.37. The van der Waals surface area contributed by atoms with E-state index in [2.05, 4.69) is 52.4 Å². The quantitative estimate of drug-likeness (QED) is 0.308. The molecule has 0 bridgehead atoms. The van der Waals surface area contributed by atoms with E-state index >= 15 is 0 Å². The molecule has 1 fully saturated rings. The molecule has 0 unspecified atom stereocenters. The van der Waals surface area contributed by atoms with Gasteiger partial charge in [-0.1, -0.05) is 41.6 Å². The number of benzene rings is 3. The summed E-state index contributed by atoms with van der Waals surface area (Å²) >= 11 is 0. The number of rotatable bonds is 3. The van der Waals surface area contributed by atoms with Crippen molar-refractivity contribution in [3.05, 3.63) is 82.7 Å². The van der Waals surface area contributed by atoms with Crippen LogP contribution in [-0.4, -0.2) is 54.2 Å². The summed E-state index contributed by atoms with van der Waals surface area (Å²) < 4.78 is 11.3. The Hall–Kier alpha value is -3.68. The number of likely N-dealkylation sites (tertiary alicyclic amines) is 1. The van der Waals surface area contributed by atoms with Gasteiger partial charge in [-0.15, -0.1) is 12.4 Å². The Morgan fingerprint density at radius 2 is 1.65 bits per heavy atom. The van der Waals surface area contributed by atoms with E-state index in [4.69, 9.17) is 9.26 Å².